The van der Waals surface area contributed by atoms with E-state index < -0.39 is 24.0 Å². The standard InChI is InChI=1S/C13H21N3O4S/c14-10(12(17)18)3-1-2-5-16-6-4-9(7-16)21-8-11(15)13(19)20/h4,6-7,10-11H,1-3,5,8,14-15H2,(H,17,18)(H,19,20)/t10?,11-/m0/s1. The van der Waals surface area contributed by atoms with Crippen LogP contribution in [0, 0.1) is 0 Å². The number of thioether (sulfide) groups is 1. The number of carboxylic acids is 2. The second-order valence-electron chi connectivity index (χ2n) is 4.78. The van der Waals surface area contributed by atoms with E-state index in [4.69, 9.17) is 21.7 Å². The highest BCUT2D eigenvalue weighted by atomic mass is 32.2. The molecular weight excluding hydrogens is 294 g/mol. The summed E-state index contributed by atoms with van der Waals surface area (Å²) >= 11 is 1.40. The van der Waals surface area contributed by atoms with Crippen molar-refractivity contribution in [1.82, 2.24) is 4.57 Å². The van der Waals surface area contributed by atoms with Crippen molar-refractivity contribution in [3.8, 4) is 0 Å². The quantitative estimate of drug-likeness (QED) is 0.366. The van der Waals surface area contributed by atoms with Gasteiger partial charge in [0.25, 0.3) is 0 Å². The van der Waals surface area contributed by atoms with Gasteiger partial charge >= 0.3 is 11.9 Å². The van der Waals surface area contributed by atoms with Crippen molar-refractivity contribution >= 4 is 23.7 Å². The van der Waals surface area contributed by atoms with Crippen molar-refractivity contribution in [2.24, 2.45) is 11.5 Å². The number of carboxylic acid groups (broad SMARTS) is 2. The first kappa shape index (κ1) is 17.5. The molecule has 1 aromatic rings. The molecule has 1 heterocycles. The molecule has 7 nitrogen and oxygen atoms in total. The number of hydrogen-bond donors (Lipinski definition) is 4. The largest absolute Gasteiger partial charge is 0.480 e. The van der Waals surface area contributed by atoms with Gasteiger partial charge in [0.2, 0.25) is 0 Å². The molecule has 0 aromatic carbocycles. The zero-order valence-corrected chi connectivity index (χ0v) is 12.5. The molecule has 8 heteroatoms. The third kappa shape index (κ3) is 6.65. The van der Waals surface area contributed by atoms with Crippen molar-refractivity contribution < 1.29 is 19.8 Å². The average molecular weight is 315 g/mol. The van der Waals surface area contributed by atoms with Gasteiger partial charge < -0.3 is 26.2 Å². The number of aryl methyl sites for hydroxylation is 1. The van der Waals surface area contributed by atoms with E-state index in [0.29, 0.717) is 12.2 Å². The van der Waals surface area contributed by atoms with Gasteiger partial charge in [0.05, 0.1) is 0 Å². The number of aliphatic carboxylic acids is 2. The Morgan fingerprint density at radius 2 is 1.86 bits per heavy atom. The van der Waals surface area contributed by atoms with E-state index in [0.717, 1.165) is 24.3 Å². The Hall–Kier alpha value is -1.51. The lowest BCUT2D eigenvalue weighted by Crippen LogP contribution is -2.32. The van der Waals surface area contributed by atoms with Gasteiger partial charge in [-0.2, -0.15) is 0 Å². The summed E-state index contributed by atoms with van der Waals surface area (Å²) in [5.74, 6) is -1.64. The lowest BCUT2D eigenvalue weighted by Gasteiger charge is -2.06. The zero-order valence-electron chi connectivity index (χ0n) is 11.6. The number of carbonyl (C=O) groups is 2. The number of unbranched alkanes of at least 4 members (excludes halogenated alkanes) is 1. The normalized spacial score (nSPS) is 13.8. The number of rotatable bonds is 10. The van der Waals surface area contributed by atoms with Crippen LogP contribution in [0.15, 0.2) is 23.4 Å². The fourth-order valence-corrected chi connectivity index (χ4v) is 2.56. The molecule has 0 aliphatic heterocycles. The average Bonchev–Trinajstić information content (AvgIpc) is 2.88. The van der Waals surface area contributed by atoms with Crippen molar-refractivity contribution in [3.05, 3.63) is 18.5 Å². The Morgan fingerprint density at radius 1 is 1.19 bits per heavy atom. The van der Waals surface area contributed by atoms with Crippen molar-refractivity contribution in [2.75, 3.05) is 5.75 Å². The Morgan fingerprint density at radius 3 is 2.48 bits per heavy atom. The molecule has 6 N–H and O–H groups in total. The summed E-state index contributed by atoms with van der Waals surface area (Å²) in [6.07, 6.45) is 5.89. The first-order valence-corrected chi connectivity index (χ1v) is 7.64. The van der Waals surface area contributed by atoms with Crippen molar-refractivity contribution in [2.45, 2.75) is 42.8 Å². The van der Waals surface area contributed by atoms with Gasteiger partial charge in [-0.3, -0.25) is 9.59 Å². The molecule has 118 valence electrons. The van der Waals surface area contributed by atoms with E-state index in [-0.39, 0.29) is 0 Å². The third-order valence-electron chi connectivity index (χ3n) is 2.97. The van der Waals surface area contributed by atoms with E-state index >= 15 is 0 Å². The second kappa shape index (κ2) is 8.71. The molecule has 0 spiro atoms. The van der Waals surface area contributed by atoms with Gasteiger partial charge in [-0.25, -0.2) is 0 Å². The summed E-state index contributed by atoms with van der Waals surface area (Å²) in [6, 6.07) is 0.247. The van der Waals surface area contributed by atoms with Gasteiger partial charge in [-0.15, -0.1) is 11.8 Å². The van der Waals surface area contributed by atoms with Gasteiger partial charge in [-0.05, 0) is 25.3 Å². The molecule has 0 aliphatic carbocycles. The first-order valence-electron chi connectivity index (χ1n) is 6.65. The van der Waals surface area contributed by atoms with E-state index in [1.54, 1.807) is 0 Å². The highest BCUT2D eigenvalue weighted by Crippen LogP contribution is 2.19. The van der Waals surface area contributed by atoms with Gasteiger partial charge in [0.1, 0.15) is 12.1 Å². The maximum Gasteiger partial charge on any atom is 0.321 e. The van der Waals surface area contributed by atoms with E-state index in [2.05, 4.69) is 0 Å². The minimum Gasteiger partial charge on any atom is -0.480 e. The number of aromatic nitrogens is 1. The molecule has 0 saturated heterocycles. The SMILES string of the molecule is NC(CCCCn1ccc(SC[C@H](N)C(=O)O)c1)C(=O)O. The maximum atomic E-state index is 10.6. The van der Waals surface area contributed by atoms with Crippen molar-refractivity contribution in [1.29, 1.82) is 0 Å². The highest BCUT2D eigenvalue weighted by molar-refractivity contribution is 7.99. The fraction of sp³-hybridized carbons (Fsp3) is 0.538. The van der Waals surface area contributed by atoms with Crippen LogP contribution in [0.5, 0.6) is 0 Å². The third-order valence-corrected chi connectivity index (χ3v) is 4.07. The van der Waals surface area contributed by atoms with Crippen LogP contribution >= 0.6 is 11.8 Å². The van der Waals surface area contributed by atoms with Crippen LogP contribution in [0.2, 0.25) is 0 Å². The van der Waals surface area contributed by atoms with Crippen LogP contribution in [-0.2, 0) is 16.1 Å². The molecule has 0 amide bonds. The topological polar surface area (TPSA) is 132 Å². The Kier molecular flexibility index (Phi) is 7.27. The molecule has 0 saturated carbocycles. The smallest absolute Gasteiger partial charge is 0.321 e. The van der Waals surface area contributed by atoms with E-state index in [9.17, 15) is 9.59 Å². The van der Waals surface area contributed by atoms with Crippen LogP contribution in [0.1, 0.15) is 19.3 Å². The molecule has 21 heavy (non-hydrogen) atoms. The molecule has 1 aromatic heterocycles. The van der Waals surface area contributed by atoms with Gasteiger partial charge in [0, 0.05) is 29.6 Å². The zero-order chi connectivity index (χ0) is 15.8. The predicted octanol–water partition coefficient (Wildman–Crippen LogP) is 0.574. The summed E-state index contributed by atoms with van der Waals surface area (Å²) in [5.41, 5.74) is 10.9. The van der Waals surface area contributed by atoms with Crippen LogP contribution in [-0.4, -0.2) is 44.6 Å². The minimum atomic E-state index is -1.00. The Balaban J connectivity index is 2.26. The highest BCUT2D eigenvalue weighted by Gasteiger charge is 2.12. The summed E-state index contributed by atoms with van der Waals surface area (Å²) in [7, 11) is 0. The summed E-state index contributed by atoms with van der Waals surface area (Å²) < 4.78 is 1.99. The van der Waals surface area contributed by atoms with E-state index in [1.165, 1.54) is 11.8 Å². The molecule has 1 rings (SSSR count). The second-order valence-corrected chi connectivity index (χ2v) is 5.87. The molecule has 0 radical (unpaired) electrons. The Labute approximate surface area is 127 Å². The monoisotopic (exact) mass is 315 g/mol. The lowest BCUT2D eigenvalue weighted by molar-refractivity contribution is -0.139. The van der Waals surface area contributed by atoms with Crippen LogP contribution in [0.25, 0.3) is 0 Å². The summed E-state index contributed by atoms with van der Waals surface area (Å²) in [5, 5.41) is 17.4. The van der Waals surface area contributed by atoms with Gasteiger partial charge in [0.15, 0.2) is 0 Å². The number of hydrogen-bond acceptors (Lipinski definition) is 5. The molecule has 1 unspecified atom stereocenters. The number of nitrogens with two attached hydrogens (primary N) is 2. The lowest BCUT2D eigenvalue weighted by atomic mass is 10.1. The van der Waals surface area contributed by atoms with Crippen molar-refractivity contribution in [3.63, 3.8) is 0 Å². The maximum absolute atomic E-state index is 10.6. The molecular formula is C13H21N3O4S. The van der Waals surface area contributed by atoms with E-state index in [1.807, 2.05) is 23.0 Å². The van der Waals surface area contributed by atoms with Crippen LogP contribution < -0.4 is 11.5 Å². The first-order chi connectivity index (χ1) is 9.90. The summed E-state index contributed by atoms with van der Waals surface area (Å²) in [6.45, 7) is 0.776. The van der Waals surface area contributed by atoms with Crippen LogP contribution in [0.3, 0.4) is 0 Å². The summed E-state index contributed by atoms with van der Waals surface area (Å²) in [4.78, 5) is 22.1. The molecule has 2 atom stereocenters. The number of nitrogens with zero attached hydrogens (tertiary/aromatic N) is 1. The molecule has 0 bridgehead atoms. The van der Waals surface area contributed by atoms with Gasteiger partial charge in [-0.1, -0.05) is 0 Å². The Bertz CT molecular complexity index is 478. The molecule has 0 aliphatic rings. The molecule has 0 fully saturated rings. The predicted molar refractivity (Wildman–Crippen MR) is 80.2 cm³/mol. The minimum absolute atomic E-state index is 0.326. The van der Waals surface area contributed by atoms with Crippen LogP contribution in [0.4, 0.5) is 0 Å². The fourth-order valence-electron chi connectivity index (χ4n) is 1.68.